The number of hydrogen-bond acceptors (Lipinski definition) is 4. The van der Waals surface area contributed by atoms with Crippen LogP contribution in [0.2, 0.25) is 5.02 Å². The van der Waals surface area contributed by atoms with Gasteiger partial charge in [0.05, 0.1) is 17.7 Å². The van der Waals surface area contributed by atoms with E-state index in [1.165, 1.54) is 7.11 Å². The number of carbonyl (C=O) groups is 1. The van der Waals surface area contributed by atoms with Gasteiger partial charge in [0.1, 0.15) is 19.0 Å². The molecule has 0 amide bonds. The molecule has 0 spiro atoms. The van der Waals surface area contributed by atoms with E-state index in [4.69, 9.17) is 32.2 Å². The smallest absolute Gasteiger partial charge is 0.196 e. The van der Waals surface area contributed by atoms with Gasteiger partial charge in [0.2, 0.25) is 0 Å². The Balaban J connectivity index is 1.95. The minimum absolute atomic E-state index is 0.0652. The largest absolute Gasteiger partial charge is 0.493 e. The first kappa shape index (κ1) is 16.9. The van der Waals surface area contributed by atoms with Crippen LogP contribution in [0, 0.1) is 12.3 Å². The van der Waals surface area contributed by atoms with E-state index in [2.05, 4.69) is 5.92 Å². The summed E-state index contributed by atoms with van der Waals surface area (Å²) in [6.07, 6.45) is 6.94. The Kier molecular flexibility index (Phi) is 4.97. The normalized spacial score (nSPS) is 14.4. The number of halogens is 1. The van der Waals surface area contributed by atoms with Crippen molar-refractivity contribution >= 4 is 23.5 Å². The summed E-state index contributed by atoms with van der Waals surface area (Å²) < 4.78 is 16.4. The van der Waals surface area contributed by atoms with E-state index in [-0.39, 0.29) is 19.0 Å². The Morgan fingerprint density at radius 1 is 1.36 bits per heavy atom. The van der Waals surface area contributed by atoms with Crippen molar-refractivity contribution in [3.63, 3.8) is 0 Å². The summed E-state index contributed by atoms with van der Waals surface area (Å²) in [6.45, 7) is 0.282. The van der Waals surface area contributed by atoms with Crippen molar-refractivity contribution in [1.82, 2.24) is 0 Å². The second kappa shape index (κ2) is 7.33. The fraction of sp³-hybridized carbons (Fsp3) is 0.150. The summed E-state index contributed by atoms with van der Waals surface area (Å²) in [4.78, 5) is 12.6. The summed E-state index contributed by atoms with van der Waals surface area (Å²) in [5.41, 5.74) is 1.79. The van der Waals surface area contributed by atoms with Crippen LogP contribution in [0.1, 0.15) is 15.9 Å². The molecule has 4 nitrogen and oxygen atoms in total. The number of fused-ring (bicyclic) bond motifs is 1. The van der Waals surface area contributed by atoms with Crippen molar-refractivity contribution in [2.24, 2.45) is 0 Å². The minimum atomic E-state index is -0.0652. The molecule has 0 radical (unpaired) electrons. The number of para-hydroxylation sites is 1. The van der Waals surface area contributed by atoms with Crippen molar-refractivity contribution in [3.05, 3.63) is 58.1 Å². The van der Waals surface area contributed by atoms with Crippen LogP contribution in [-0.2, 0) is 0 Å². The van der Waals surface area contributed by atoms with Crippen molar-refractivity contribution in [1.29, 1.82) is 0 Å². The quantitative estimate of drug-likeness (QED) is 0.614. The first-order valence-electron chi connectivity index (χ1n) is 7.55. The van der Waals surface area contributed by atoms with Crippen molar-refractivity contribution in [2.45, 2.75) is 0 Å². The van der Waals surface area contributed by atoms with E-state index in [0.29, 0.717) is 39.0 Å². The number of carbonyl (C=O) groups excluding carboxylic acids is 1. The lowest BCUT2D eigenvalue weighted by Crippen LogP contribution is -2.18. The zero-order valence-electron chi connectivity index (χ0n) is 13.5. The van der Waals surface area contributed by atoms with Gasteiger partial charge in [-0.15, -0.1) is 6.42 Å². The van der Waals surface area contributed by atoms with Crippen molar-refractivity contribution in [2.75, 3.05) is 20.3 Å². The monoisotopic (exact) mass is 354 g/mol. The molecule has 2 aromatic rings. The van der Waals surface area contributed by atoms with Crippen LogP contribution in [0.25, 0.3) is 6.08 Å². The van der Waals surface area contributed by atoms with Crippen LogP contribution >= 0.6 is 11.6 Å². The molecule has 1 aliphatic rings. The molecule has 0 saturated carbocycles. The number of terminal acetylenes is 1. The molecular weight excluding hydrogens is 340 g/mol. The average molecular weight is 355 g/mol. The highest BCUT2D eigenvalue weighted by Crippen LogP contribution is 2.37. The lowest BCUT2D eigenvalue weighted by molar-refractivity contribution is 0.100. The number of methoxy groups -OCH3 is 1. The van der Waals surface area contributed by atoms with Crippen LogP contribution in [-0.4, -0.2) is 26.1 Å². The molecule has 25 heavy (non-hydrogen) atoms. The van der Waals surface area contributed by atoms with E-state index < -0.39 is 0 Å². The average Bonchev–Trinajstić information content (AvgIpc) is 2.63. The lowest BCUT2D eigenvalue weighted by Gasteiger charge is -2.18. The van der Waals surface area contributed by atoms with Crippen LogP contribution < -0.4 is 14.2 Å². The van der Waals surface area contributed by atoms with Gasteiger partial charge in [-0.05, 0) is 35.9 Å². The molecule has 0 unspecified atom stereocenters. The fourth-order valence-electron chi connectivity index (χ4n) is 2.56. The molecule has 2 aromatic carbocycles. The molecule has 5 heteroatoms. The highest BCUT2D eigenvalue weighted by Gasteiger charge is 2.23. The summed E-state index contributed by atoms with van der Waals surface area (Å²) in [6, 6.07) is 10.6. The summed E-state index contributed by atoms with van der Waals surface area (Å²) in [5.74, 6) is 3.73. The zero-order chi connectivity index (χ0) is 17.8. The van der Waals surface area contributed by atoms with Gasteiger partial charge in [0.15, 0.2) is 17.3 Å². The zero-order valence-corrected chi connectivity index (χ0v) is 14.3. The molecule has 0 atom stereocenters. The number of hydrogen-bond donors (Lipinski definition) is 0. The maximum absolute atomic E-state index is 12.6. The van der Waals surface area contributed by atoms with E-state index in [9.17, 15) is 4.79 Å². The first-order chi connectivity index (χ1) is 12.1. The third-order valence-corrected chi connectivity index (χ3v) is 3.98. The maximum atomic E-state index is 12.6. The number of Topliss-reactive ketones (excluding diaryl/α,β-unsaturated/α-hetero) is 1. The van der Waals surface area contributed by atoms with Crippen LogP contribution in [0.5, 0.6) is 17.2 Å². The lowest BCUT2D eigenvalue weighted by atomic mass is 9.98. The van der Waals surface area contributed by atoms with Gasteiger partial charge >= 0.3 is 0 Å². The summed E-state index contributed by atoms with van der Waals surface area (Å²) >= 11 is 6.27. The molecule has 126 valence electrons. The molecular formula is C20H15ClO4. The van der Waals surface area contributed by atoms with Crippen molar-refractivity contribution in [3.8, 4) is 29.6 Å². The Morgan fingerprint density at radius 3 is 2.92 bits per heavy atom. The van der Waals surface area contributed by atoms with E-state index in [1.54, 1.807) is 36.4 Å². The van der Waals surface area contributed by atoms with Gasteiger partial charge in [-0.2, -0.15) is 0 Å². The number of ether oxygens (including phenoxy) is 3. The molecule has 0 aromatic heterocycles. The molecule has 0 saturated heterocycles. The number of rotatable bonds is 4. The van der Waals surface area contributed by atoms with Crippen molar-refractivity contribution < 1.29 is 19.0 Å². The molecule has 0 N–H and O–H groups in total. The Labute approximate surface area is 151 Å². The van der Waals surface area contributed by atoms with Gasteiger partial charge < -0.3 is 14.2 Å². The molecule has 0 bridgehead atoms. The molecule has 0 fully saturated rings. The Hall–Kier alpha value is -2.90. The van der Waals surface area contributed by atoms with E-state index in [0.717, 1.165) is 0 Å². The predicted octanol–water partition coefficient (Wildman–Crippen LogP) is 4.02. The molecule has 1 heterocycles. The van der Waals surface area contributed by atoms with E-state index >= 15 is 0 Å². The first-order valence-corrected chi connectivity index (χ1v) is 7.92. The molecule has 1 aliphatic heterocycles. The van der Waals surface area contributed by atoms with Gasteiger partial charge in [-0.25, -0.2) is 0 Å². The van der Waals surface area contributed by atoms with E-state index in [1.807, 2.05) is 6.07 Å². The summed E-state index contributed by atoms with van der Waals surface area (Å²) in [7, 11) is 1.51. The number of benzene rings is 2. The second-order valence-corrected chi connectivity index (χ2v) is 5.72. The highest BCUT2D eigenvalue weighted by molar-refractivity contribution is 6.32. The molecule has 0 aliphatic carbocycles. The van der Waals surface area contributed by atoms with Crippen LogP contribution in [0.4, 0.5) is 0 Å². The number of ketones is 1. The minimum Gasteiger partial charge on any atom is -0.493 e. The fourth-order valence-corrected chi connectivity index (χ4v) is 2.83. The molecule has 3 rings (SSSR count). The van der Waals surface area contributed by atoms with Crippen LogP contribution in [0.15, 0.2) is 42.0 Å². The standard InChI is InChI=1S/C20H15ClO4/c1-3-8-24-20-16(21)10-13(11-18(20)23-2)9-14-12-25-17-7-5-4-6-15(17)19(14)22/h1,4-7,9-11H,8,12H2,2H3/b14-9+. The maximum Gasteiger partial charge on any atom is 0.196 e. The van der Waals surface area contributed by atoms with Crippen LogP contribution in [0.3, 0.4) is 0 Å². The second-order valence-electron chi connectivity index (χ2n) is 5.31. The third-order valence-electron chi connectivity index (χ3n) is 3.70. The van der Waals surface area contributed by atoms with Gasteiger partial charge in [0.25, 0.3) is 0 Å². The highest BCUT2D eigenvalue weighted by atomic mass is 35.5. The van der Waals surface area contributed by atoms with Gasteiger partial charge in [0, 0.05) is 5.57 Å². The Bertz CT molecular complexity index is 893. The Morgan fingerprint density at radius 2 is 2.16 bits per heavy atom. The third kappa shape index (κ3) is 3.47. The van der Waals surface area contributed by atoms with Gasteiger partial charge in [-0.3, -0.25) is 4.79 Å². The summed E-state index contributed by atoms with van der Waals surface area (Å²) in [5, 5.41) is 0.353. The predicted molar refractivity (Wildman–Crippen MR) is 96.6 cm³/mol. The van der Waals surface area contributed by atoms with Gasteiger partial charge in [-0.1, -0.05) is 29.7 Å². The SMILES string of the molecule is C#CCOc1c(Cl)cc(/C=C2\COc3ccccc3C2=O)cc1OC. The topological polar surface area (TPSA) is 44.8 Å².